The smallest absolute Gasteiger partial charge is 0.00343 e. The summed E-state index contributed by atoms with van der Waals surface area (Å²) >= 11 is 10.6. The fourth-order valence-corrected chi connectivity index (χ4v) is 6.03. The number of unbranched alkanes of at least 4 members (excludes halogenated alkanes) is 12. The first-order chi connectivity index (χ1) is 10.1. The summed E-state index contributed by atoms with van der Waals surface area (Å²) in [6.45, 7) is 4.56. The van der Waals surface area contributed by atoms with Gasteiger partial charge in [-0.15, -0.1) is 12.2 Å². The van der Waals surface area contributed by atoms with E-state index in [1.807, 2.05) is 0 Å². The second kappa shape index (κ2) is 15.9. The summed E-state index contributed by atoms with van der Waals surface area (Å²) in [5.41, 5.74) is 0. The van der Waals surface area contributed by atoms with Crippen LogP contribution in [0.4, 0.5) is 0 Å². The molecule has 0 unspecified atom stereocenters. The molecule has 0 rings (SSSR count). The predicted octanol–water partition coefficient (Wildman–Crippen LogP) is 7.81. The van der Waals surface area contributed by atoms with Gasteiger partial charge >= 0.3 is 0 Å². The van der Waals surface area contributed by atoms with Crippen LogP contribution in [0.25, 0.3) is 0 Å². The van der Waals surface area contributed by atoms with Crippen molar-refractivity contribution in [3.05, 3.63) is 0 Å². The van der Waals surface area contributed by atoms with Crippen LogP contribution in [0.5, 0.6) is 0 Å². The van der Waals surface area contributed by atoms with Crippen LogP contribution in [0.15, 0.2) is 0 Å². The van der Waals surface area contributed by atoms with Crippen molar-refractivity contribution in [1.29, 1.82) is 0 Å². The highest BCUT2D eigenvalue weighted by molar-refractivity contribution is 8.63. The van der Waals surface area contributed by atoms with Crippen molar-refractivity contribution in [2.24, 2.45) is 0 Å². The average molecular weight is 351 g/mol. The molecule has 0 radical (unpaired) electrons. The Balaban J connectivity index is 3.37. The molecule has 0 nitrogen and oxygen atoms in total. The first-order valence-corrected chi connectivity index (χ1v) is 13.8. The molecule has 3 heteroatoms. The Bertz CT molecular complexity index is 232. The van der Waals surface area contributed by atoms with E-state index in [9.17, 15) is 0 Å². The summed E-state index contributed by atoms with van der Waals surface area (Å²) in [7, 11) is 0. The monoisotopic (exact) mass is 350 g/mol. The van der Waals surface area contributed by atoms with Crippen molar-refractivity contribution >= 4 is 29.3 Å². The van der Waals surface area contributed by atoms with E-state index < -0.39 is 5.24 Å². The molecule has 0 aliphatic carbocycles. The minimum Gasteiger partial charge on any atom is -0.141 e. The van der Waals surface area contributed by atoms with Crippen LogP contribution in [0.3, 0.4) is 0 Å². The molecule has 0 aliphatic rings. The van der Waals surface area contributed by atoms with Gasteiger partial charge in [0.25, 0.3) is 0 Å². The zero-order valence-corrected chi connectivity index (χ0v) is 17.2. The predicted molar refractivity (Wildman–Crippen MR) is 109 cm³/mol. The fraction of sp³-hybridized carbons (Fsp3) is 1.00. The Morgan fingerprint density at radius 3 is 1.19 bits per heavy atom. The van der Waals surface area contributed by atoms with E-state index in [-0.39, 0.29) is 0 Å². The van der Waals surface area contributed by atoms with Gasteiger partial charge in [-0.1, -0.05) is 103 Å². The maximum Gasteiger partial charge on any atom is 0.00343 e. The van der Waals surface area contributed by atoms with E-state index in [0.717, 1.165) is 0 Å². The lowest BCUT2D eigenvalue weighted by atomic mass is 10.1. The molecule has 0 atom stereocenters. The Hall–Kier alpha value is 1.00. The molecule has 0 heterocycles. The summed E-state index contributed by atoms with van der Waals surface area (Å²) in [4.78, 5) is 0. The van der Waals surface area contributed by atoms with Gasteiger partial charge in [-0.3, -0.25) is 0 Å². The summed E-state index contributed by atoms with van der Waals surface area (Å²) in [6, 6.07) is 0. The highest BCUT2D eigenvalue weighted by atomic mass is 32.9. The largest absolute Gasteiger partial charge is 0.141 e. The van der Waals surface area contributed by atoms with Crippen molar-refractivity contribution in [2.45, 2.75) is 104 Å². The van der Waals surface area contributed by atoms with Crippen LogP contribution in [0.2, 0.25) is 0 Å². The van der Waals surface area contributed by atoms with E-state index in [1.165, 1.54) is 102 Å². The molecule has 0 aromatic rings. The normalized spacial score (nSPS) is 12.0. The zero-order valence-electron chi connectivity index (χ0n) is 14.6. The maximum atomic E-state index is 5.76. The Kier molecular flexibility index (Phi) is 16.6. The summed E-state index contributed by atoms with van der Waals surface area (Å²) < 4.78 is 0. The van der Waals surface area contributed by atoms with Crippen molar-refractivity contribution in [1.82, 2.24) is 0 Å². The van der Waals surface area contributed by atoms with Gasteiger partial charge in [-0.25, -0.2) is 0 Å². The van der Waals surface area contributed by atoms with Crippen molar-refractivity contribution in [3.8, 4) is 0 Å². The van der Waals surface area contributed by atoms with Crippen LogP contribution in [0, 0.1) is 0 Å². The Morgan fingerprint density at radius 2 is 0.857 bits per heavy atom. The van der Waals surface area contributed by atoms with Gasteiger partial charge in [0.05, 0.1) is 0 Å². The molecular weight excluding hydrogens is 311 g/mol. The van der Waals surface area contributed by atoms with Gasteiger partial charge in [0.15, 0.2) is 0 Å². The fourth-order valence-electron chi connectivity index (χ4n) is 2.74. The second-order valence-corrected chi connectivity index (χ2v) is 14.3. The lowest BCUT2D eigenvalue weighted by Crippen LogP contribution is -1.92. The third-order valence-electron chi connectivity index (χ3n) is 4.22. The van der Waals surface area contributed by atoms with Crippen LogP contribution in [-0.4, -0.2) is 12.3 Å². The van der Waals surface area contributed by atoms with Crippen molar-refractivity contribution < 1.29 is 0 Å². The average Bonchev–Trinajstić information content (AvgIpc) is 2.45. The second-order valence-electron chi connectivity index (χ2n) is 6.54. The van der Waals surface area contributed by atoms with E-state index in [0.29, 0.717) is 0 Å². The highest BCUT2D eigenvalue weighted by Gasteiger charge is 2.10. The topological polar surface area (TPSA) is 0 Å². The molecule has 0 aromatic heterocycles. The molecule has 0 amide bonds. The molecule has 21 heavy (non-hydrogen) atoms. The van der Waals surface area contributed by atoms with E-state index >= 15 is 0 Å². The van der Waals surface area contributed by atoms with Crippen LogP contribution < -0.4 is 0 Å². The number of hydrogen-bond acceptors (Lipinski definition) is 1. The number of hydrogen-bond donors (Lipinski definition) is 1. The summed E-state index contributed by atoms with van der Waals surface area (Å²) in [5, 5.41) is -1.29. The lowest BCUT2D eigenvalue weighted by Gasteiger charge is -2.15. The lowest BCUT2D eigenvalue weighted by molar-refractivity contribution is 0.600. The van der Waals surface area contributed by atoms with Crippen LogP contribution in [0.1, 0.15) is 104 Å². The van der Waals surface area contributed by atoms with Gasteiger partial charge in [0, 0.05) is 5.24 Å². The first-order valence-electron chi connectivity index (χ1n) is 9.43. The Morgan fingerprint density at radius 1 is 0.571 bits per heavy atom. The summed E-state index contributed by atoms with van der Waals surface area (Å²) in [6.07, 6.45) is 21.8. The molecule has 0 spiro atoms. The molecule has 0 saturated heterocycles. The SMILES string of the molecule is CCCCCCCCCP(=S)(S)CCCCCCCCC. The molecule has 0 saturated carbocycles. The molecule has 0 N–H and O–H groups in total. The van der Waals surface area contributed by atoms with Crippen LogP contribution in [-0.2, 0) is 11.8 Å². The molecular formula is C18H39PS2. The van der Waals surface area contributed by atoms with E-state index in [2.05, 4.69) is 13.8 Å². The van der Waals surface area contributed by atoms with E-state index in [1.54, 1.807) is 0 Å². The van der Waals surface area contributed by atoms with Crippen molar-refractivity contribution in [2.75, 3.05) is 12.3 Å². The number of thiol groups is 1. The molecule has 0 aromatic carbocycles. The highest BCUT2D eigenvalue weighted by Crippen LogP contribution is 2.52. The Labute approximate surface area is 145 Å². The van der Waals surface area contributed by atoms with Gasteiger partial charge in [-0.2, -0.15) is 0 Å². The quantitative estimate of drug-likeness (QED) is 0.168. The third-order valence-corrected chi connectivity index (χ3v) is 8.55. The third kappa shape index (κ3) is 17.2. The van der Waals surface area contributed by atoms with E-state index in [4.69, 9.17) is 24.1 Å². The minimum atomic E-state index is -1.29. The first kappa shape index (κ1) is 22.0. The zero-order chi connectivity index (χ0) is 15.8. The molecule has 128 valence electrons. The maximum absolute atomic E-state index is 5.76. The molecule has 0 fully saturated rings. The molecule has 0 aliphatic heterocycles. The number of rotatable bonds is 16. The van der Waals surface area contributed by atoms with Crippen molar-refractivity contribution in [3.63, 3.8) is 0 Å². The van der Waals surface area contributed by atoms with Gasteiger partial charge < -0.3 is 0 Å². The van der Waals surface area contributed by atoms with Crippen LogP contribution >= 0.6 is 17.5 Å². The molecule has 0 bridgehead atoms. The standard InChI is InChI=1S/C18H39PS2/c1-3-5-7-9-11-13-15-17-19(20,21)18-16-14-12-10-8-6-4-2/h3-18H2,1-2H3,(H,20,21). The summed E-state index contributed by atoms with van der Waals surface area (Å²) in [5.74, 6) is 0. The van der Waals surface area contributed by atoms with Gasteiger partial charge in [0.2, 0.25) is 0 Å². The van der Waals surface area contributed by atoms with Gasteiger partial charge in [-0.05, 0) is 25.2 Å². The van der Waals surface area contributed by atoms with Gasteiger partial charge in [0.1, 0.15) is 0 Å². The minimum absolute atomic E-state index is 1.23.